The number of hydrogen-bond acceptors (Lipinski definition) is 3. The summed E-state index contributed by atoms with van der Waals surface area (Å²) in [5.74, 6) is 0.277. The Morgan fingerprint density at radius 3 is 2.56 bits per heavy atom. The number of carbonyl (C=O) groups is 2. The monoisotopic (exact) mass is 253 g/mol. The Balaban J connectivity index is 1.71. The van der Waals surface area contributed by atoms with Crippen LogP contribution in [0.1, 0.15) is 38.5 Å². The maximum Gasteiger partial charge on any atom is 0.239 e. The molecule has 0 heterocycles. The molecule has 0 bridgehead atoms. The normalized spacial score (nSPS) is 27.0. The summed E-state index contributed by atoms with van der Waals surface area (Å²) < 4.78 is 0. The SMILES string of the molecule is CN(CC(=O)NC1CC1)C(=O)C[C@@H]1CCC[C@H]1N. The lowest BCUT2D eigenvalue weighted by atomic mass is 9.99. The first-order valence-corrected chi connectivity index (χ1v) is 6.85. The van der Waals surface area contributed by atoms with Crippen molar-refractivity contribution in [2.45, 2.75) is 50.6 Å². The molecule has 102 valence electrons. The van der Waals surface area contributed by atoms with Crippen LogP contribution in [0.5, 0.6) is 0 Å². The van der Waals surface area contributed by atoms with Gasteiger partial charge in [-0.2, -0.15) is 0 Å². The fraction of sp³-hybridized carbons (Fsp3) is 0.846. The van der Waals surface area contributed by atoms with Gasteiger partial charge in [0.1, 0.15) is 0 Å². The highest BCUT2D eigenvalue weighted by atomic mass is 16.2. The van der Waals surface area contributed by atoms with Gasteiger partial charge >= 0.3 is 0 Å². The van der Waals surface area contributed by atoms with Gasteiger partial charge in [-0.05, 0) is 31.6 Å². The van der Waals surface area contributed by atoms with Gasteiger partial charge in [-0.3, -0.25) is 9.59 Å². The topological polar surface area (TPSA) is 75.4 Å². The maximum atomic E-state index is 12.0. The molecule has 5 heteroatoms. The first kappa shape index (κ1) is 13.3. The molecule has 0 spiro atoms. The van der Waals surface area contributed by atoms with E-state index in [-0.39, 0.29) is 24.4 Å². The summed E-state index contributed by atoms with van der Waals surface area (Å²) in [6, 6.07) is 0.506. The molecule has 0 aromatic heterocycles. The van der Waals surface area contributed by atoms with Crippen molar-refractivity contribution in [3.63, 3.8) is 0 Å². The lowest BCUT2D eigenvalue weighted by Gasteiger charge is -2.20. The van der Waals surface area contributed by atoms with E-state index in [0.717, 1.165) is 32.1 Å². The maximum absolute atomic E-state index is 12.0. The Hall–Kier alpha value is -1.10. The third-order valence-electron chi connectivity index (χ3n) is 3.90. The molecule has 0 saturated heterocycles. The summed E-state index contributed by atoms with van der Waals surface area (Å²) >= 11 is 0. The summed E-state index contributed by atoms with van der Waals surface area (Å²) in [4.78, 5) is 25.1. The van der Waals surface area contributed by atoms with Crippen LogP contribution in [0.2, 0.25) is 0 Å². The zero-order valence-corrected chi connectivity index (χ0v) is 11.0. The lowest BCUT2D eigenvalue weighted by Crippen LogP contribution is -2.40. The third kappa shape index (κ3) is 3.70. The molecule has 0 radical (unpaired) electrons. The predicted octanol–water partition coefficient (Wildman–Crippen LogP) is 0.241. The van der Waals surface area contributed by atoms with Gasteiger partial charge in [0.15, 0.2) is 0 Å². The highest BCUT2D eigenvalue weighted by Crippen LogP contribution is 2.27. The molecular formula is C13H23N3O2. The Morgan fingerprint density at radius 1 is 1.28 bits per heavy atom. The summed E-state index contributed by atoms with van der Waals surface area (Å²) in [7, 11) is 1.69. The van der Waals surface area contributed by atoms with E-state index in [4.69, 9.17) is 5.73 Å². The van der Waals surface area contributed by atoms with E-state index >= 15 is 0 Å². The summed E-state index contributed by atoms with van der Waals surface area (Å²) in [6.45, 7) is 0.164. The second-order valence-corrected chi connectivity index (χ2v) is 5.65. The molecule has 2 fully saturated rings. The fourth-order valence-corrected chi connectivity index (χ4v) is 2.50. The number of nitrogens with two attached hydrogens (primary N) is 1. The minimum Gasteiger partial charge on any atom is -0.352 e. The molecule has 0 unspecified atom stereocenters. The Bertz CT molecular complexity index is 328. The molecule has 2 aliphatic carbocycles. The molecule has 0 aliphatic heterocycles. The van der Waals surface area contributed by atoms with Crippen molar-refractivity contribution in [2.24, 2.45) is 11.7 Å². The second-order valence-electron chi connectivity index (χ2n) is 5.65. The van der Waals surface area contributed by atoms with Crippen LogP contribution in [0.15, 0.2) is 0 Å². The molecule has 2 amide bonds. The third-order valence-corrected chi connectivity index (χ3v) is 3.90. The number of hydrogen-bond donors (Lipinski definition) is 2. The van der Waals surface area contributed by atoms with Crippen molar-refractivity contribution in [2.75, 3.05) is 13.6 Å². The van der Waals surface area contributed by atoms with Crippen LogP contribution in [0.4, 0.5) is 0 Å². The van der Waals surface area contributed by atoms with Crippen molar-refractivity contribution in [3.05, 3.63) is 0 Å². The summed E-state index contributed by atoms with van der Waals surface area (Å²) in [5.41, 5.74) is 5.95. The quantitative estimate of drug-likeness (QED) is 0.737. The highest BCUT2D eigenvalue weighted by Gasteiger charge is 2.28. The molecule has 0 aromatic rings. The Kier molecular flexibility index (Phi) is 4.22. The first-order chi connectivity index (χ1) is 8.56. The first-order valence-electron chi connectivity index (χ1n) is 6.85. The average Bonchev–Trinajstić information content (AvgIpc) is 3.02. The molecule has 2 atom stereocenters. The molecule has 0 aromatic carbocycles. The van der Waals surface area contributed by atoms with Gasteiger partial charge in [0.2, 0.25) is 11.8 Å². The zero-order valence-electron chi connectivity index (χ0n) is 11.0. The van der Waals surface area contributed by atoms with Crippen molar-refractivity contribution >= 4 is 11.8 Å². The Labute approximate surface area is 108 Å². The van der Waals surface area contributed by atoms with E-state index in [1.807, 2.05) is 0 Å². The molecule has 5 nitrogen and oxygen atoms in total. The summed E-state index contributed by atoms with van der Waals surface area (Å²) in [5, 5.41) is 2.88. The number of rotatable bonds is 5. The van der Waals surface area contributed by atoms with Crippen LogP contribution in [-0.2, 0) is 9.59 Å². The highest BCUT2D eigenvalue weighted by molar-refractivity contribution is 5.85. The van der Waals surface area contributed by atoms with E-state index in [2.05, 4.69) is 5.32 Å². The van der Waals surface area contributed by atoms with Crippen LogP contribution < -0.4 is 11.1 Å². The summed E-state index contributed by atoms with van der Waals surface area (Å²) in [6.07, 6.45) is 5.79. The fourth-order valence-electron chi connectivity index (χ4n) is 2.50. The standard InChI is InChI=1S/C13H23N3O2/c1-16(8-12(17)15-10-5-6-10)13(18)7-9-3-2-4-11(9)14/h9-11H,2-8,14H2,1H3,(H,15,17)/t9-,11+/m0/s1. The molecule has 2 saturated carbocycles. The van der Waals surface area contributed by atoms with Crippen molar-refractivity contribution in [1.82, 2.24) is 10.2 Å². The molecular weight excluding hydrogens is 230 g/mol. The predicted molar refractivity (Wildman–Crippen MR) is 68.7 cm³/mol. The molecule has 18 heavy (non-hydrogen) atoms. The van der Waals surface area contributed by atoms with Crippen LogP contribution in [-0.4, -0.2) is 42.4 Å². The van der Waals surface area contributed by atoms with Crippen molar-refractivity contribution in [3.8, 4) is 0 Å². The van der Waals surface area contributed by atoms with Gasteiger partial charge < -0.3 is 16.0 Å². The van der Waals surface area contributed by atoms with E-state index in [9.17, 15) is 9.59 Å². The number of carbonyl (C=O) groups excluding carboxylic acids is 2. The number of nitrogens with one attached hydrogen (secondary N) is 1. The lowest BCUT2D eigenvalue weighted by molar-refractivity contribution is -0.135. The van der Waals surface area contributed by atoms with Crippen molar-refractivity contribution < 1.29 is 9.59 Å². The zero-order chi connectivity index (χ0) is 13.1. The molecule has 2 aliphatic rings. The second kappa shape index (κ2) is 5.69. The van der Waals surface area contributed by atoms with Gasteiger partial charge in [-0.1, -0.05) is 6.42 Å². The minimum absolute atomic E-state index is 0.0308. The van der Waals surface area contributed by atoms with Gasteiger partial charge in [-0.15, -0.1) is 0 Å². The van der Waals surface area contributed by atoms with E-state index < -0.39 is 0 Å². The van der Waals surface area contributed by atoms with Crippen molar-refractivity contribution in [1.29, 1.82) is 0 Å². The number of nitrogens with zero attached hydrogens (tertiary/aromatic N) is 1. The number of likely N-dealkylation sites (N-methyl/N-ethyl adjacent to an activating group) is 1. The minimum atomic E-state index is -0.0518. The van der Waals surface area contributed by atoms with Gasteiger partial charge in [0.25, 0.3) is 0 Å². The molecule has 3 N–H and O–H groups in total. The van der Waals surface area contributed by atoms with Crippen LogP contribution in [0, 0.1) is 5.92 Å². The van der Waals surface area contributed by atoms with E-state index in [0.29, 0.717) is 18.4 Å². The van der Waals surface area contributed by atoms with Gasteiger partial charge in [-0.25, -0.2) is 0 Å². The van der Waals surface area contributed by atoms with Crippen LogP contribution in [0.3, 0.4) is 0 Å². The smallest absolute Gasteiger partial charge is 0.239 e. The molecule has 2 rings (SSSR count). The van der Waals surface area contributed by atoms with E-state index in [1.165, 1.54) is 4.90 Å². The number of amides is 2. The van der Waals surface area contributed by atoms with Gasteiger partial charge in [0, 0.05) is 25.6 Å². The van der Waals surface area contributed by atoms with E-state index in [1.54, 1.807) is 7.05 Å². The average molecular weight is 253 g/mol. The van der Waals surface area contributed by atoms with Crippen LogP contribution >= 0.6 is 0 Å². The largest absolute Gasteiger partial charge is 0.352 e. The van der Waals surface area contributed by atoms with Gasteiger partial charge in [0.05, 0.1) is 6.54 Å². The Morgan fingerprint density at radius 2 is 2.00 bits per heavy atom. The van der Waals surface area contributed by atoms with Crippen LogP contribution in [0.25, 0.3) is 0 Å².